The molecule has 2 rings (SSSR count). The van der Waals surface area contributed by atoms with Crippen LogP contribution in [0.15, 0.2) is 5.38 Å². The number of thiazole rings is 1. The summed E-state index contributed by atoms with van der Waals surface area (Å²) in [5, 5.41) is 6.95. The zero-order chi connectivity index (χ0) is 13.8. The summed E-state index contributed by atoms with van der Waals surface area (Å²) in [5.41, 5.74) is 1.20. The van der Waals surface area contributed by atoms with Crippen LogP contribution in [0.4, 0.5) is 5.13 Å². The fourth-order valence-electron chi connectivity index (χ4n) is 2.80. The molecule has 0 bridgehead atoms. The summed E-state index contributed by atoms with van der Waals surface area (Å²) in [5.74, 6) is 0.713. The SMILES string of the molecule is CCCNC(C)c1csc(N2CCCC2C(C)C)n1. The lowest BCUT2D eigenvalue weighted by molar-refractivity contribution is 0.490. The second kappa shape index (κ2) is 6.71. The van der Waals surface area contributed by atoms with E-state index in [1.807, 2.05) is 0 Å². The number of hydrogen-bond donors (Lipinski definition) is 1. The third-order valence-electron chi connectivity index (χ3n) is 3.97. The topological polar surface area (TPSA) is 28.2 Å². The zero-order valence-electron chi connectivity index (χ0n) is 12.6. The molecular formula is C15H27N3S. The summed E-state index contributed by atoms with van der Waals surface area (Å²) in [6.07, 6.45) is 3.79. The van der Waals surface area contributed by atoms with E-state index in [4.69, 9.17) is 4.98 Å². The molecule has 2 atom stereocenters. The Morgan fingerprint density at radius 1 is 1.47 bits per heavy atom. The lowest BCUT2D eigenvalue weighted by Gasteiger charge is -2.27. The van der Waals surface area contributed by atoms with Gasteiger partial charge in [0.15, 0.2) is 5.13 Å². The van der Waals surface area contributed by atoms with E-state index in [9.17, 15) is 0 Å². The van der Waals surface area contributed by atoms with Crippen molar-refractivity contribution in [2.75, 3.05) is 18.0 Å². The average molecular weight is 281 g/mol. The molecule has 1 aromatic rings. The van der Waals surface area contributed by atoms with Gasteiger partial charge < -0.3 is 10.2 Å². The highest BCUT2D eigenvalue weighted by Gasteiger charge is 2.29. The highest BCUT2D eigenvalue weighted by molar-refractivity contribution is 7.13. The van der Waals surface area contributed by atoms with Crippen molar-refractivity contribution in [1.82, 2.24) is 10.3 Å². The molecule has 0 amide bonds. The van der Waals surface area contributed by atoms with E-state index >= 15 is 0 Å². The van der Waals surface area contributed by atoms with Gasteiger partial charge in [-0.05, 0) is 38.6 Å². The van der Waals surface area contributed by atoms with Gasteiger partial charge in [0.25, 0.3) is 0 Å². The summed E-state index contributed by atoms with van der Waals surface area (Å²) in [6, 6.07) is 1.04. The molecule has 1 aromatic heterocycles. The number of rotatable bonds is 6. The molecule has 0 aromatic carbocycles. The van der Waals surface area contributed by atoms with Gasteiger partial charge in [-0.3, -0.25) is 0 Å². The first-order valence-electron chi connectivity index (χ1n) is 7.59. The minimum absolute atomic E-state index is 0.366. The molecule has 0 saturated carbocycles. The quantitative estimate of drug-likeness (QED) is 0.859. The maximum absolute atomic E-state index is 4.86. The van der Waals surface area contributed by atoms with Gasteiger partial charge in [-0.1, -0.05) is 20.8 Å². The molecule has 0 radical (unpaired) electrons. The standard InChI is InChI=1S/C15H27N3S/c1-5-8-16-12(4)13-10-19-15(17-13)18-9-6-7-14(18)11(2)3/h10-12,14,16H,5-9H2,1-4H3. The maximum Gasteiger partial charge on any atom is 0.185 e. The van der Waals surface area contributed by atoms with Crippen molar-refractivity contribution in [3.8, 4) is 0 Å². The van der Waals surface area contributed by atoms with Crippen molar-refractivity contribution in [2.45, 2.75) is 59.0 Å². The van der Waals surface area contributed by atoms with Crippen molar-refractivity contribution in [3.05, 3.63) is 11.1 Å². The summed E-state index contributed by atoms with van der Waals surface area (Å²) >= 11 is 1.80. The van der Waals surface area contributed by atoms with Crippen LogP contribution < -0.4 is 10.2 Å². The van der Waals surface area contributed by atoms with E-state index in [0.29, 0.717) is 18.0 Å². The molecule has 3 nitrogen and oxygen atoms in total. The van der Waals surface area contributed by atoms with E-state index in [1.54, 1.807) is 11.3 Å². The largest absolute Gasteiger partial charge is 0.345 e. The number of nitrogens with zero attached hydrogens (tertiary/aromatic N) is 2. The third-order valence-corrected chi connectivity index (χ3v) is 4.86. The molecule has 1 saturated heterocycles. The number of hydrogen-bond acceptors (Lipinski definition) is 4. The van der Waals surface area contributed by atoms with Crippen molar-refractivity contribution in [1.29, 1.82) is 0 Å². The van der Waals surface area contributed by atoms with Gasteiger partial charge in [0.05, 0.1) is 5.69 Å². The van der Waals surface area contributed by atoms with Crippen LogP contribution in [0.25, 0.3) is 0 Å². The van der Waals surface area contributed by atoms with Crippen molar-refractivity contribution in [2.24, 2.45) is 5.92 Å². The summed E-state index contributed by atoms with van der Waals surface area (Å²) in [6.45, 7) is 11.3. The lowest BCUT2D eigenvalue weighted by Crippen LogP contribution is -2.33. The van der Waals surface area contributed by atoms with E-state index in [0.717, 1.165) is 6.54 Å². The Balaban J connectivity index is 2.04. The smallest absolute Gasteiger partial charge is 0.185 e. The van der Waals surface area contributed by atoms with Crippen molar-refractivity contribution in [3.63, 3.8) is 0 Å². The van der Waals surface area contributed by atoms with Crippen molar-refractivity contribution >= 4 is 16.5 Å². The predicted molar refractivity (Wildman–Crippen MR) is 84.0 cm³/mol. The van der Waals surface area contributed by atoms with Gasteiger partial charge in [0.2, 0.25) is 0 Å². The second-order valence-corrected chi connectivity index (χ2v) is 6.71. The molecule has 1 aliphatic heterocycles. The minimum Gasteiger partial charge on any atom is -0.345 e. The Morgan fingerprint density at radius 2 is 2.26 bits per heavy atom. The molecular weight excluding hydrogens is 254 g/mol. The van der Waals surface area contributed by atoms with Crippen LogP contribution in [-0.4, -0.2) is 24.1 Å². The Kier molecular flexibility index (Phi) is 5.22. The first-order chi connectivity index (χ1) is 9.13. The Morgan fingerprint density at radius 3 is 2.95 bits per heavy atom. The first kappa shape index (κ1) is 14.8. The van der Waals surface area contributed by atoms with Gasteiger partial charge in [-0.15, -0.1) is 11.3 Å². The van der Waals surface area contributed by atoms with Gasteiger partial charge >= 0.3 is 0 Å². The van der Waals surface area contributed by atoms with Gasteiger partial charge in [0, 0.05) is 24.0 Å². The monoisotopic (exact) mass is 281 g/mol. The van der Waals surface area contributed by atoms with E-state index in [-0.39, 0.29) is 0 Å². The molecule has 1 N–H and O–H groups in total. The fourth-order valence-corrected chi connectivity index (χ4v) is 3.80. The lowest BCUT2D eigenvalue weighted by atomic mass is 10.0. The molecule has 108 valence electrons. The molecule has 1 aliphatic rings. The molecule has 4 heteroatoms. The zero-order valence-corrected chi connectivity index (χ0v) is 13.5. The highest BCUT2D eigenvalue weighted by Crippen LogP contribution is 2.32. The first-order valence-corrected chi connectivity index (χ1v) is 8.47. The highest BCUT2D eigenvalue weighted by atomic mass is 32.1. The van der Waals surface area contributed by atoms with Gasteiger partial charge in [-0.2, -0.15) is 0 Å². The van der Waals surface area contributed by atoms with Crippen molar-refractivity contribution < 1.29 is 0 Å². The number of aromatic nitrogens is 1. The van der Waals surface area contributed by atoms with Crippen LogP contribution in [0.1, 0.15) is 58.7 Å². The average Bonchev–Trinajstić information content (AvgIpc) is 3.02. The molecule has 0 aliphatic carbocycles. The van der Waals surface area contributed by atoms with Crippen LogP contribution in [0.2, 0.25) is 0 Å². The Bertz CT molecular complexity index is 388. The van der Waals surface area contributed by atoms with Crippen LogP contribution in [0, 0.1) is 5.92 Å². The summed E-state index contributed by atoms with van der Waals surface area (Å²) in [4.78, 5) is 7.38. The normalized spacial score (nSPS) is 21.3. The second-order valence-electron chi connectivity index (χ2n) is 5.88. The van der Waals surface area contributed by atoms with Crippen LogP contribution in [0.3, 0.4) is 0 Å². The van der Waals surface area contributed by atoms with E-state index in [1.165, 1.54) is 36.6 Å². The molecule has 2 heterocycles. The maximum atomic E-state index is 4.86. The summed E-state index contributed by atoms with van der Waals surface area (Å²) < 4.78 is 0. The number of nitrogens with one attached hydrogen (secondary N) is 1. The Hall–Kier alpha value is -0.610. The van der Waals surface area contributed by atoms with E-state index in [2.05, 4.69) is 43.3 Å². The molecule has 0 spiro atoms. The van der Waals surface area contributed by atoms with Gasteiger partial charge in [-0.25, -0.2) is 4.98 Å². The van der Waals surface area contributed by atoms with E-state index < -0.39 is 0 Å². The molecule has 1 fully saturated rings. The van der Waals surface area contributed by atoms with Crippen LogP contribution in [-0.2, 0) is 0 Å². The third kappa shape index (κ3) is 3.48. The van der Waals surface area contributed by atoms with Crippen LogP contribution in [0.5, 0.6) is 0 Å². The fraction of sp³-hybridized carbons (Fsp3) is 0.800. The summed E-state index contributed by atoms with van der Waals surface area (Å²) in [7, 11) is 0. The van der Waals surface area contributed by atoms with Gasteiger partial charge in [0.1, 0.15) is 0 Å². The van der Waals surface area contributed by atoms with Crippen LogP contribution >= 0.6 is 11.3 Å². The predicted octanol–water partition coefficient (Wildman–Crippen LogP) is 3.83. The molecule has 19 heavy (non-hydrogen) atoms. The Labute approximate surface area is 121 Å². The molecule has 2 unspecified atom stereocenters. The minimum atomic E-state index is 0.366. The number of anilines is 1.